The molecule has 1 heterocycles. The van der Waals surface area contributed by atoms with Crippen LogP contribution in [0.3, 0.4) is 0 Å². The van der Waals surface area contributed by atoms with Crippen LogP contribution in [0.2, 0.25) is 0 Å². The van der Waals surface area contributed by atoms with Crippen LogP contribution in [0.15, 0.2) is 35.2 Å². The first-order valence-electron chi connectivity index (χ1n) is 7.13. The zero-order chi connectivity index (χ0) is 14.4. The van der Waals surface area contributed by atoms with E-state index in [0.29, 0.717) is 11.3 Å². The molecule has 0 aliphatic carbocycles. The van der Waals surface area contributed by atoms with Gasteiger partial charge in [-0.15, -0.1) is 0 Å². The van der Waals surface area contributed by atoms with E-state index in [4.69, 9.17) is 9.47 Å². The molecule has 1 aliphatic rings. The van der Waals surface area contributed by atoms with E-state index in [1.165, 1.54) is 0 Å². The van der Waals surface area contributed by atoms with Crippen LogP contribution in [-0.2, 0) is 19.3 Å². The first-order chi connectivity index (χ1) is 9.58. The van der Waals surface area contributed by atoms with E-state index in [9.17, 15) is 8.42 Å². The van der Waals surface area contributed by atoms with Gasteiger partial charge in [0.25, 0.3) is 0 Å². The number of benzene rings is 1. The van der Waals surface area contributed by atoms with Gasteiger partial charge in [-0.2, -0.15) is 0 Å². The van der Waals surface area contributed by atoms with Gasteiger partial charge in [-0.1, -0.05) is 18.2 Å². The lowest BCUT2D eigenvalue weighted by molar-refractivity contribution is -0.184. The van der Waals surface area contributed by atoms with E-state index in [1.54, 1.807) is 24.3 Å². The van der Waals surface area contributed by atoms with Crippen LogP contribution in [0.5, 0.6) is 0 Å². The van der Waals surface area contributed by atoms with Crippen LogP contribution in [0.1, 0.15) is 32.6 Å². The number of hydrogen-bond acceptors (Lipinski definition) is 4. The highest BCUT2D eigenvalue weighted by molar-refractivity contribution is 7.91. The van der Waals surface area contributed by atoms with Crippen molar-refractivity contribution in [2.45, 2.75) is 49.9 Å². The van der Waals surface area contributed by atoms with E-state index in [0.717, 1.165) is 25.9 Å². The minimum absolute atomic E-state index is 0.102. The second kappa shape index (κ2) is 7.20. The van der Waals surface area contributed by atoms with Gasteiger partial charge in [-0.05, 0) is 44.7 Å². The van der Waals surface area contributed by atoms with Crippen molar-refractivity contribution in [2.24, 2.45) is 0 Å². The average molecular weight is 298 g/mol. The van der Waals surface area contributed by atoms with Gasteiger partial charge in [-0.3, -0.25) is 0 Å². The van der Waals surface area contributed by atoms with Crippen LogP contribution in [0, 0.1) is 0 Å². The summed E-state index contributed by atoms with van der Waals surface area (Å²) in [5.41, 5.74) is 0. The molecule has 5 heteroatoms. The Hall–Kier alpha value is -0.910. The summed E-state index contributed by atoms with van der Waals surface area (Å²) < 4.78 is 35.5. The maximum atomic E-state index is 12.1. The van der Waals surface area contributed by atoms with Crippen LogP contribution in [0.25, 0.3) is 0 Å². The Labute approximate surface area is 121 Å². The molecule has 1 aliphatic heterocycles. The van der Waals surface area contributed by atoms with E-state index >= 15 is 0 Å². The summed E-state index contributed by atoms with van der Waals surface area (Å²) in [5, 5.41) is 0. The van der Waals surface area contributed by atoms with Gasteiger partial charge in [0.05, 0.1) is 16.8 Å². The molecule has 1 aromatic rings. The van der Waals surface area contributed by atoms with Crippen LogP contribution in [0.4, 0.5) is 0 Å². The molecule has 4 nitrogen and oxygen atoms in total. The van der Waals surface area contributed by atoms with Gasteiger partial charge in [-0.25, -0.2) is 8.42 Å². The molecule has 2 rings (SSSR count). The lowest BCUT2D eigenvalue weighted by Gasteiger charge is -2.26. The lowest BCUT2D eigenvalue weighted by atomic mass is 10.2. The van der Waals surface area contributed by atoms with Gasteiger partial charge in [0.15, 0.2) is 16.1 Å². The fourth-order valence-electron chi connectivity index (χ4n) is 2.21. The number of sulfone groups is 1. The Morgan fingerprint density at radius 3 is 2.70 bits per heavy atom. The van der Waals surface area contributed by atoms with Crippen molar-refractivity contribution in [3.8, 4) is 0 Å². The zero-order valence-electron chi connectivity index (χ0n) is 11.8. The van der Waals surface area contributed by atoms with Crippen LogP contribution in [-0.4, -0.2) is 33.2 Å². The molecule has 1 unspecified atom stereocenters. The van der Waals surface area contributed by atoms with Crippen molar-refractivity contribution in [1.29, 1.82) is 0 Å². The standard InChI is InChI=1S/C15H22O4S/c1-13(19-15-9-5-6-11-18-15)10-12-20(16,17)14-7-3-2-4-8-14/h2-4,7-8,13,15H,5-6,9-12H2,1H3/t13?,15-/m0/s1. The molecule has 0 N–H and O–H groups in total. The van der Waals surface area contributed by atoms with Crippen molar-refractivity contribution >= 4 is 9.84 Å². The van der Waals surface area contributed by atoms with Gasteiger partial charge in [0, 0.05) is 6.61 Å². The Balaban J connectivity index is 1.82. The molecule has 0 radical (unpaired) electrons. The second-order valence-corrected chi connectivity index (χ2v) is 7.27. The lowest BCUT2D eigenvalue weighted by Crippen LogP contribution is -2.27. The molecule has 0 saturated carbocycles. The van der Waals surface area contributed by atoms with E-state index in [-0.39, 0.29) is 18.1 Å². The van der Waals surface area contributed by atoms with Gasteiger partial charge < -0.3 is 9.47 Å². The highest BCUT2D eigenvalue weighted by Crippen LogP contribution is 2.18. The molecule has 20 heavy (non-hydrogen) atoms. The topological polar surface area (TPSA) is 52.6 Å². The third-order valence-electron chi connectivity index (χ3n) is 3.42. The smallest absolute Gasteiger partial charge is 0.178 e. The fraction of sp³-hybridized carbons (Fsp3) is 0.600. The minimum atomic E-state index is -3.22. The monoisotopic (exact) mass is 298 g/mol. The van der Waals surface area contributed by atoms with Crippen molar-refractivity contribution in [2.75, 3.05) is 12.4 Å². The third kappa shape index (κ3) is 4.58. The summed E-state index contributed by atoms with van der Waals surface area (Å²) in [7, 11) is -3.22. The molecule has 1 fully saturated rings. The Kier molecular flexibility index (Phi) is 5.57. The number of hydrogen-bond donors (Lipinski definition) is 0. The van der Waals surface area contributed by atoms with Crippen LogP contribution < -0.4 is 0 Å². The Morgan fingerprint density at radius 1 is 1.30 bits per heavy atom. The Morgan fingerprint density at radius 2 is 2.05 bits per heavy atom. The molecule has 0 bridgehead atoms. The number of ether oxygens (including phenoxy) is 2. The first kappa shape index (κ1) is 15.5. The van der Waals surface area contributed by atoms with Gasteiger partial charge in [0.1, 0.15) is 0 Å². The summed E-state index contributed by atoms with van der Waals surface area (Å²) in [4.78, 5) is 0.376. The first-order valence-corrected chi connectivity index (χ1v) is 8.78. The molecule has 112 valence electrons. The minimum Gasteiger partial charge on any atom is -0.353 e. The zero-order valence-corrected chi connectivity index (χ0v) is 12.6. The summed E-state index contributed by atoms with van der Waals surface area (Å²) in [5.74, 6) is 0.102. The summed E-state index contributed by atoms with van der Waals surface area (Å²) in [6, 6.07) is 8.55. The summed E-state index contributed by atoms with van der Waals surface area (Å²) in [6.45, 7) is 2.64. The van der Waals surface area contributed by atoms with E-state index in [2.05, 4.69) is 0 Å². The molecule has 0 spiro atoms. The number of rotatable bonds is 6. The SMILES string of the molecule is CC(CCS(=O)(=O)c1ccccc1)O[C@H]1CCCCO1. The van der Waals surface area contributed by atoms with Crippen molar-refractivity contribution in [1.82, 2.24) is 0 Å². The molecular formula is C15H22O4S. The van der Waals surface area contributed by atoms with E-state index < -0.39 is 9.84 Å². The van der Waals surface area contributed by atoms with Gasteiger partial charge >= 0.3 is 0 Å². The highest BCUT2D eigenvalue weighted by Gasteiger charge is 2.20. The van der Waals surface area contributed by atoms with Crippen molar-refractivity contribution in [3.63, 3.8) is 0 Å². The summed E-state index contributed by atoms with van der Waals surface area (Å²) >= 11 is 0. The predicted molar refractivity (Wildman–Crippen MR) is 77.2 cm³/mol. The summed E-state index contributed by atoms with van der Waals surface area (Å²) in [6.07, 6.45) is 3.29. The van der Waals surface area contributed by atoms with Crippen LogP contribution >= 0.6 is 0 Å². The normalized spacial score (nSPS) is 21.6. The Bertz CT molecular complexity index is 492. The quantitative estimate of drug-likeness (QED) is 0.810. The second-order valence-electron chi connectivity index (χ2n) is 5.16. The largest absolute Gasteiger partial charge is 0.353 e. The molecule has 1 aromatic carbocycles. The maximum absolute atomic E-state index is 12.1. The third-order valence-corrected chi connectivity index (χ3v) is 5.18. The molecular weight excluding hydrogens is 276 g/mol. The van der Waals surface area contributed by atoms with Gasteiger partial charge in [0.2, 0.25) is 0 Å². The molecule has 0 aromatic heterocycles. The highest BCUT2D eigenvalue weighted by atomic mass is 32.2. The molecule has 0 amide bonds. The molecule has 1 saturated heterocycles. The van der Waals surface area contributed by atoms with Crippen molar-refractivity contribution < 1.29 is 17.9 Å². The maximum Gasteiger partial charge on any atom is 0.178 e. The van der Waals surface area contributed by atoms with Crippen molar-refractivity contribution in [3.05, 3.63) is 30.3 Å². The predicted octanol–water partition coefficient (Wildman–Crippen LogP) is 2.78. The molecule has 2 atom stereocenters. The van der Waals surface area contributed by atoms with E-state index in [1.807, 2.05) is 13.0 Å². The average Bonchev–Trinajstić information content (AvgIpc) is 2.47. The fourth-order valence-corrected chi connectivity index (χ4v) is 3.66.